The maximum atomic E-state index is 13.3. The van der Waals surface area contributed by atoms with Crippen LogP contribution in [-0.4, -0.2) is 36.7 Å². The standard InChI is InChI=1S/C24H23Cl2NO5/c25-16-2-3-17(19(26)11-16)23-18(12-22(28)32-23)24(29)27-7-5-14(6-8-27)9-15-1-4-20-21(10-15)31-13-30-20/h1-4,10-11,14,18,23H,5-9,12-13H2/t18-,23+/m0/s1. The molecule has 2 saturated heterocycles. The van der Waals surface area contributed by atoms with E-state index >= 15 is 0 Å². The number of hydrogen-bond donors (Lipinski definition) is 0. The first-order valence-electron chi connectivity index (χ1n) is 10.8. The molecule has 0 aliphatic carbocycles. The number of esters is 1. The van der Waals surface area contributed by atoms with E-state index in [9.17, 15) is 9.59 Å². The summed E-state index contributed by atoms with van der Waals surface area (Å²) in [5.41, 5.74) is 1.84. The Balaban J connectivity index is 1.22. The molecule has 168 valence electrons. The van der Waals surface area contributed by atoms with Crippen molar-refractivity contribution in [3.8, 4) is 11.5 Å². The zero-order valence-electron chi connectivity index (χ0n) is 17.4. The molecule has 2 fully saturated rings. The summed E-state index contributed by atoms with van der Waals surface area (Å²) in [6.45, 7) is 1.61. The van der Waals surface area contributed by atoms with Crippen LogP contribution < -0.4 is 9.47 Å². The van der Waals surface area contributed by atoms with Crippen LogP contribution in [0.4, 0.5) is 0 Å². The van der Waals surface area contributed by atoms with Crippen LogP contribution in [0.1, 0.15) is 36.5 Å². The van der Waals surface area contributed by atoms with Crippen molar-refractivity contribution in [2.75, 3.05) is 19.9 Å². The van der Waals surface area contributed by atoms with Crippen molar-refractivity contribution in [2.24, 2.45) is 11.8 Å². The fourth-order valence-electron chi connectivity index (χ4n) is 4.78. The maximum absolute atomic E-state index is 13.3. The molecule has 3 aliphatic rings. The van der Waals surface area contributed by atoms with E-state index in [0.29, 0.717) is 34.6 Å². The molecular weight excluding hydrogens is 453 g/mol. The van der Waals surface area contributed by atoms with Crippen LogP contribution in [0.3, 0.4) is 0 Å². The van der Waals surface area contributed by atoms with Crippen molar-refractivity contribution in [1.82, 2.24) is 4.90 Å². The minimum absolute atomic E-state index is 0.0478. The van der Waals surface area contributed by atoms with Crippen LogP contribution in [0.5, 0.6) is 11.5 Å². The van der Waals surface area contributed by atoms with Crippen molar-refractivity contribution < 1.29 is 23.8 Å². The third kappa shape index (κ3) is 4.26. The molecule has 3 aliphatic heterocycles. The summed E-state index contributed by atoms with van der Waals surface area (Å²) in [7, 11) is 0. The largest absolute Gasteiger partial charge is 0.457 e. The van der Waals surface area contributed by atoms with E-state index in [1.165, 1.54) is 5.56 Å². The lowest BCUT2D eigenvalue weighted by molar-refractivity contribution is -0.142. The number of amides is 1. The molecule has 8 heteroatoms. The van der Waals surface area contributed by atoms with Gasteiger partial charge in [-0.05, 0) is 55.0 Å². The Hall–Kier alpha value is -2.44. The number of likely N-dealkylation sites (tertiary alicyclic amines) is 1. The quantitative estimate of drug-likeness (QED) is 0.593. The van der Waals surface area contributed by atoms with Crippen LogP contribution in [0.2, 0.25) is 10.0 Å². The van der Waals surface area contributed by atoms with Gasteiger partial charge >= 0.3 is 5.97 Å². The summed E-state index contributed by atoms with van der Waals surface area (Å²) < 4.78 is 16.3. The molecule has 3 heterocycles. The molecule has 0 aromatic heterocycles. The van der Waals surface area contributed by atoms with Gasteiger partial charge in [-0.1, -0.05) is 35.3 Å². The maximum Gasteiger partial charge on any atom is 0.307 e. The fourth-order valence-corrected chi connectivity index (χ4v) is 5.30. The van der Waals surface area contributed by atoms with Crippen molar-refractivity contribution in [2.45, 2.75) is 31.8 Å². The molecule has 0 unspecified atom stereocenters. The highest BCUT2D eigenvalue weighted by Crippen LogP contribution is 2.41. The van der Waals surface area contributed by atoms with Crippen molar-refractivity contribution >= 4 is 35.1 Å². The molecule has 1 amide bonds. The summed E-state index contributed by atoms with van der Waals surface area (Å²) in [6, 6.07) is 11.1. The highest BCUT2D eigenvalue weighted by molar-refractivity contribution is 6.35. The highest BCUT2D eigenvalue weighted by Gasteiger charge is 2.43. The van der Waals surface area contributed by atoms with Gasteiger partial charge in [0.2, 0.25) is 12.7 Å². The number of halogens is 2. The van der Waals surface area contributed by atoms with E-state index in [1.807, 2.05) is 17.0 Å². The number of carbonyl (C=O) groups is 2. The van der Waals surface area contributed by atoms with E-state index < -0.39 is 12.0 Å². The van der Waals surface area contributed by atoms with Gasteiger partial charge in [-0.3, -0.25) is 9.59 Å². The van der Waals surface area contributed by atoms with Gasteiger partial charge in [0.15, 0.2) is 11.5 Å². The minimum atomic E-state index is -0.675. The van der Waals surface area contributed by atoms with E-state index in [1.54, 1.807) is 18.2 Å². The zero-order chi connectivity index (χ0) is 22.2. The minimum Gasteiger partial charge on any atom is -0.457 e. The van der Waals surface area contributed by atoms with Crippen molar-refractivity contribution in [3.05, 3.63) is 57.6 Å². The first-order valence-corrected chi connectivity index (χ1v) is 11.6. The number of hydrogen-bond acceptors (Lipinski definition) is 5. The number of ether oxygens (including phenoxy) is 3. The Labute approximate surface area is 196 Å². The first-order chi connectivity index (χ1) is 15.5. The number of benzene rings is 2. The second kappa shape index (κ2) is 8.83. The molecule has 2 aromatic carbocycles. The van der Waals surface area contributed by atoms with Gasteiger partial charge < -0.3 is 19.1 Å². The molecule has 5 rings (SSSR count). The van der Waals surface area contributed by atoms with Crippen LogP contribution in [-0.2, 0) is 20.7 Å². The Kier molecular flexibility index (Phi) is 5.91. The lowest BCUT2D eigenvalue weighted by atomic mass is 9.88. The third-order valence-corrected chi connectivity index (χ3v) is 7.05. The number of cyclic esters (lactones) is 1. The average Bonchev–Trinajstić information content (AvgIpc) is 3.40. The summed E-state index contributed by atoms with van der Waals surface area (Å²) in [6.07, 6.45) is 2.15. The normalized spacial score (nSPS) is 22.8. The first kappa shape index (κ1) is 21.4. The van der Waals surface area contributed by atoms with Gasteiger partial charge in [0.25, 0.3) is 0 Å². The molecular formula is C24H23Cl2NO5. The number of piperidine rings is 1. The molecule has 2 aromatic rings. The monoisotopic (exact) mass is 475 g/mol. The second-order valence-electron chi connectivity index (χ2n) is 8.55. The van der Waals surface area contributed by atoms with Gasteiger partial charge in [-0.25, -0.2) is 0 Å². The van der Waals surface area contributed by atoms with Gasteiger partial charge in [-0.2, -0.15) is 0 Å². The van der Waals surface area contributed by atoms with Crippen LogP contribution in [0, 0.1) is 11.8 Å². The Bertz CT molecular complexity index is 1050. The molecule has 0 bridgehead atoms. The molecule has 0 N–H and O–H groups in total. The zero-order valence-corrected chi connectivity index (χ0v) is 18.9. The summed E-state index contributed by atoms with van der Waals surface area (Å²) in [5, 5.41) is 0.896. The Morgan fingerprint density at radius 2 is 1.81 bits per heavy atom. The highest BCUT2D eigenvalue weighted by atomic mass is 35.5. The average molecular weight is 476 g/mol. The third-order valence-electron chi connectivity index (χ3n) is 6.48. The van der Waals surface area contributed by atoms with E-state index in [4.69, 9.17) is 37.4 Å². The molecule has 0 saturated carbocycles. The van der Waals surface area contributed by atoms with E-state index in [0.717, 1.165) is 30.8 Å². The predicted octanol–water partition coefficient (Wildman–Crippen LogP) is 4.81. The molecule has 32 heavy (non-hydrogen) atoms. The SMILES string of the molecule is O=C1C[C@H](C(=O)N2CCC(Cc3ccc4c(c3)OCO4)CC2)[C@@H](c2ccc(Cl)cc2Cl)O1. The number of nitrogens with zero attached hydrogens (tertiary/aromatic N) is 1. The molecule has 0 radical (unpaired) electrons. The Morgan fingerprint density at radius 1 is 1.03 bits per heavy atom. The van der Waals surface area contributed by atoms with Crippen LogP contribution >= 0.6 is 23.2 Å². The molecule has 2 atom stereocenters. The van der Waals surface area contributed by atoms with Gasteiger partial charge in [0.05, 0.1) is 12.3 Å². The van der Waals surface area contributed by atoms with E-state index in [-0.39, 0.29) is 25.1 Å². The number of rotatable bonds is 4. The Morgan fingerprint density at radius 3 is 2.59 bits per heavy atom. The van der Waals surface area contributed by atoms with Crippen LogP contribution in [0.15, 0.2) is 36.4 Å². The lowest BCUT2D eigenvalue weighted by Crippen LogP contribution is -2.42. The van der Waals surface area contributed by atoms with Gasteiger partial charge in [0, 0.05) is 28.7 Å². The van der Waals surface area contributed by atoms with Gasteiger partial charge in [-0.15, -0.1) is 0 Å². The van der Waals surface area contributed by atoms with Crippen LogP contribution in [0.25, 0.3) is 0 Å². The number of carbonyl (C=O) groups excluding carboxylic acids is 2. The molecule has 0 spiro atoms. The summed E-state index contributed by atoms with van der Waals surface area (Å²) in [4.78, 5) is 27.2. The van der Waals surface area contributed by atoms with Gasteiger partial charge in [0.1, 0.15) is 6.10 Å². The smallest absolute Gasteiger partial charge is 0.307 e. The summed E-state index contributed by atoms with van der Waals surface area (Å²) in [5.74, 6) is 1.09. The second-order valence-corrected chi connectivity index (χ2v) is 9.39. The lowest BCUT2D eigenvalue weighted by Gasteiger charge is -2.34. The topological polar surface area (TPSA) is 65.1 Å². The molecule has 6 nitrogen and oxygen atoms in total. The summed E-state index contributed by atoms with van der Waals surface area (Å²) >= 11 is 12.3. The van der Waals surface area contributed by atoms with Crippen molar-refractivity contribution in [1.29, 1.82) is 0 Å². The number of fused-ring (bicyclic) bond motifs is 1. The predicted molar refractivity (Wildman–Crippen MR) is 119 cm³/mol. The fraction of sp³-hybridized carbons (Fsp3) is 0.417. The van der Waals surface area contributed by atoms with E-state index in [2.05, 4.69) is 6.07 Å². The van der Waals surface area contributed by atoms with Crippen molar-refractivity contribution in [3.63, 3.8) is 0 Å².